The van der Waals surface area contributed by atoms with Gasteiger partial charge in [0.15, 0.2) is 0 Å². The highest BCUT2D eigenvalue weighted by atomic mass is 35.5. The fourth-order valence-electron chi connectivity index (χ4n) is 1.74. The van der Waals surface area contributed by atoms with Crippen LogP contribution in [0.3, 0.4) is 0 Å². The Kier molecular flexibility index (Phi) is 4.44. The Morgan fingerprint density at radius 1 is 1.00 bits per heavy atom. The van der Waals surface area contributed by atoms with E-state index < -0.39 is 28.2 Å². The number of carbonyl (C=O) groups is 1. The molecular weight excluding hydrogens is 326 g/mol. The number of hydrogen-bond acceptors (Lipinski definition) is 1. The molecule has 0 spiro atoms. The molecule has 0 saturated heterocycles. The second kappa shape index (κ2) is 5.95. The van der Waals surface area contributed by atoms with Gasteiger partial charge in [-0.3, -0.25) is 4.79 Å². The highest BCUT2D eigenvalue weighted by Gasteiger charge is 2.38. The maximum atomic E-state index is 13.1. The molecule has 0 heterocycles. The smallest absolute Gasteiger partial charge is 0.322 e. The van der Waals surface area contributed by atoms with Crippen molar-refractivity contribution in [2.24, 2.45) is 0 Å². The van der Waals surface area contributed by atoms with Gasteiger partial charge in [0.05, 0.1) is 21.2 Å². The number of benzene rings is 2. The van der Waals surface area contributed by atoms with Crippen molar-refractivity contribution >= 4 is 34.8 Å². The third-order valence-electron chi connectivity index (χ3n) is 2.65. The van der Waals surface area contributed by atoms with Crippen LogP contribution in [0.15, 0.2) is 42.5 Å². The number of amides is 1. The Labute approximate surface area is 128 Å². The molecule has 2 nitrogen and oxygen atoms in total. The summed E-state index contributed by atoms with van der Waals surface area (Å²) in [6.07, 6.45) is -4.79. The van der Waals surface area contributed by atoms with E-state index in [-0.39, 0.29) is 5.02 Å². The van der Waals surface area contributed by atoms with Crippen LogP contribution < -0.4 is 5.32 Å². The van der Waals surface area contributed by atoms with Crippen LogP contribution in [-0.4, -0.2) is 5.91 Å². The van der Waals surface area contributed by atoms with Gasteiger partial charge in [0, 0.05) is 5.69 Å². The van der Waals surface area contributed by atoms with E-state index >= 15 is 0 Å². The summed E-state index contributed by atoms with van der Waals surface area (Å²) in [7, 11) is 0. The van der Waals surface area contributed by atoms with Gasteiger partial charge in [-0.1, -0.05) is 41.4 Å². The van der Waals surface area contributed by atoms with Crippen molar-refractivity contribution in [3.05, 3.63) is 63.6 Å². The van der Waals surface area contributed by atoms with Gasteiger partial charge in [0.2, 0.25) is 0 Å². The van der Waals surface area contributed by atoms with Crippen molar-refractivity contribution in [3.8, 4) is 0 Å². The first-order valence-electron chi connectivity index (χ1n) is 5.72. The highest BCUT2D eigenvalue weighted by molar-refractivity contribution is 6.43. The van der Waals surface area contributed by atoms with Crippen LogP contribution in [0, 0.1) is 0 Å². The topological polar surface area (TPSA) is 29.1 Å². The van der Waals surface area contributed by atoms with Gasteiger partial charge in [-0.15, -0.1) is 0 Å². The number of para-hydroxylation sites is 1. The maximum absolute atomic E-state index is 13.1. The third-order valence-corrected chi connectivity index (χ3v) is 3.46. The summed E-state index contributed by atoms with van der Waals surface area (Å²) in [5.74, 6) is -0.910. The van der Waals surface area contributed by atoms with Crippen molar-refractivity contribution < 1.29 is 18.0 Å². The minimum Gasteiger partial charge on any atom is -0.322 e. The van der Waals surface area contributed by atoms with Crippen LogP contribution in [0.1, 0.15) is 15.9 Å². The lowest BCUT2D eigenvalue weighted by atomic mass is 10.1. The Bertz CT molecular complexity index is 672. The number of hydrogen-bond donors (Lipinski definition) is 1. The summed E-state index contributed by atoms with van der Waals surface area (Å²) in [6.45, 7) is 0. The standard InChI is InChI=1S/C14H8Cl2F3NO/c15-10-7-6-9(11(12(10)16)14(17,18)19)13(21)20-8-4-2-1-3-5-8/h1-7H,(H,20,21). The second-order valence-corrected chi connectivity index (χ2v) is 4.89. The average molecular weight is 334 g/mol. The van der Waals surface area contributed by atoms with Crippen molar-refractivity contribution in [2.45, 2.75) is 6.18 Å². The predicted molar refractivity (Wildman–Crippen MR) is 75.9 cm³/mol. The molecule has 0 saturated carbocycles. The molecule has 7 heteroatoms. The van der Waals surface area contributed by atoms with E-state index in [2.05, 4.69) is 5.32 Å². The van der Waals surface area contributed by atoms with E-state index in [4.69, 9.17) is 23.2 Å². The molecule has 2 aromatic rings. The molecule has 0 bridgehead atoms. The number of nitrogens with one attached hydrogen (secondary N) is 1. The molecule has 0 aliphatic heterocycles. The first-order valence-corrected chi connectivity index (χ1v) is 6.48. The van der Waals surface area contributed by atoms with E-state index in [1.165, 1.54) is 0 Å². The predicted octanol–water partition coefficient (Wildman–Crippen LogP) is 5.26. The maximum Gasteiger partial charge on any atom is 0.418 e. The van der Waals surface area contributed by atoms with E-state index in [1.54, 1.807) is 30.3 Å². The zero-order chi connectivity index (χ0) is 15.6. The normalized spacial score (nSPS) is 11.3. The van der Waals surface area contributed by atoms with Gasteiger partial charge in [0.25, 0.3) is 5.91 Å². The number of anilines is 1. The quantitative estimate of drug-likeness (QED) is 0.797. The van der Waals surface area contributed by atoms with Crippen LogP contribution in [0.2, 0.25) is 10.0 Å². The highest BCUT2D eigenvalue weighted by Crippen LogP contribution is 2.40. The molecule has 0 unspecified atom stereocenters. The molecule has 0 atom stereocenters. The fraction of sp³-hybridized carbons (Fsp3) is 0.0714. The monoisotopic (exact) mass is 333 g/mol. The van der Waals surface area contributed by atoms with Gasteiger partial charge < -0.3 is 5.32 Å². The number of rotatable bonds is 2. The van der Waals surface area contributed by atoms with Gasteiger partial charge in [-0.25, -0.2) is 0 Å². The lowest BCUT2D eigenvalue weighted by molar-refractivity contribution is -0.137. The molecule has 0 fully saturated rings. The minimum atomic E-state index is -4.79. The van der Waals surface area contributed by atoms with Crippen LogP contribution in [0.4, 0.5) is 18.9 Å². The lowest BCUT2D eigenvalue weighted by Gasteiger charge is -2.15. The zero-order valence-electron chi connectivity index (χ0n) is 10.3. The van der Waals surface area contributed by atoms with Crippen LogP contribution in [0.5, 0.6) is 0 Å². The first kappa shape index (κ1) is 15.7. The summed E-state index contributed by atoms with van der Waals surface area (Å²) < 4.78 is 39.2. The number of carbonyl (C=O) groups excluding carboxylic acids is 1. The molecule has 0 aliphatic rings. The van der Waals surface area contributed by atoms with Crippen molar-refractivity contribution in [3.63, 3.8) is 0 Å². The second-order valence-electron chi connectivity index (χ2n) is 4.10. The first-order chi connectivity index (χ1) is 9.80. The lowest BCUT2D eigenvalue weighted by Crippen LogP contribution is -2.19. The summed E-state index contributed by atoms with van der Waals surface area (Å²) in [4.78, 5) is 12.0. The number of halogens is 5. The van der Waals surface area contributed by atoms with E-state index in [0.29, 0.717) is 5.69 Å². The molecule has 2 aromatic carbocycles. The van der Waals surface area contributed by atoms with Crippen molar-refractivity contribution in [1.29, 1.82) is 0 Å². The van der Waals surface area contributed by atoms with Gasteiger partial charge in [-0.2, -0.15) is 13.2 Å². The summed E-state index contributed by atoms with van der Waals surface area (Å²) >= 11 is 11.2. The van der Waals surface area contributed by atoms with Gasteiger partial charge >= 0.3 is 6.18 Å². The van der Waals surface area contributed by atoms with Crippen molar-refractivity contribution in [1.82, 2.24) is 0 Å². The van der Waals surface area contributed by atoms with Crippen molar-refractivity contribution in [2.75, 3.05) is 5.32 Å². The molecule has 2 rings (SSSR count). The van der Waals surface area contributed by atoms with E-state index in [1.807, 2.05) is 0 Å². The fourth-order valence-corrected chi connectivity index (χ4v) is 2.17. The molecular formula is C14H8Cl2F3NO. The minimum absolute atomic E-state index is 0.264. The van der Waals surface area contributed by atoms with Gasteiger partial charge in [0.1, 0.15) is 0 Å². The Morgan fingerprint density at radius 3 is 2.19 bits per heavy atom. The molecule has 0 aromatic heterocycles. The average Bonchev–Trinajstić information content (AvgIpc) is 2.41. The molecule has 1 N–H and O–H groups in total. The largest absolute Gasteiger partial charge is 0.418 e. The SMILES string of the molecule is O=C(Nc1ccccc1)c1ccc(Cl)c(Cl)c1C(F)(F)F. The summed E-state index contributed by atoms with van der Waals surface area (Å²) in [5, 5.41) is 1.42. The molecule has 0 aliphatic carbocycles. The Hall–Kier alpha value is -1.72. The van der Waals surface area contributed by atoms with Crippen LogP contribution in [0.25, 0.3) is 0 Å². The van der Waals surface area contributed by atoms with Crippen LogP contribution in [-0.2, 0) is 6.18 Å². The zero-order valence-corrected chi connectivity index (χ0v) is 11.9. The molecule has 0 radical (unpaired) electrons. The number of alkyl halides is 3. The van der Waals surface area contributed by atoms with E-state index in [0.717, 1.165) is 12.1 Å². The summed E-state index contributed by atoms with van der Waals surface area (Å²) in [6, 6.07) is 10.3. The summed E-state index contributed by atoms with van der Waals surface area (Å²) in [5.41, 5.74) is -1.45. The van der Waals surface area contributed by atoms with Crippen LogP contribution >= 0.6 is 23.2 Å². The van der Waals surface area contributed by atoms with Gasteiger partial charge in [-0.05, 0) is 24.3 Å². The molecule has 110 valence electrons. The third kappa shape index (κ3) is 3.49. The molecule has 21 heavy (non-hydrogen) atoms. The van der Waals surface area contributed by atoms with E-state index in [9.17, 15) is 18.0 Å². The molecule has 1 amide bonds. The Morgan fingerprint density at radius 2 is 1.62 bits per heavy atom. The Balaban J connectivity index is 2.44.